The van der Waals surface area contributed by atoms with Gasteiger partial charge in [-0.3, -0.25) is 24.5 Å². The van der Waals surface area contributed by atoms with Crippen molar-refractivity contribution in [3.63, 3.8) is 0 Å². The highest BCUT2D eigenvalue weighted by Crippen LogP contribution is 2.30. The van der Waals surface area contributed by atoms with E-state index in [1.807, 2.05) is 0 Å². The smallest absolute Gasteiger partial charge is 0.310 e. The average Bonchev–Trinajstić information content (AvgIpc) is 2.69. The van der Waals surface area contributed by atoms with Gasteiger partial charge in [0.2, 0.25) is 0 Å². The Labute approximate surface area is 175 Å². The summed E-state index contributed by atoms with van der Waals surface area (Å²) in [7, 11) is 0. The fourth-order valence-electron chi connectivity index (χ4n) is 2.63. The molecule has 0 radical (unpaired) electrons. The molecule has 2 aromatic carbocycles. The maximum absolute atomic E-state index is 12.3. The molecule has 2 amide bonds. The minimum absolute atomic E-state index is 0.00497. The lowest BCUT2D eigenvalue weighted by atomic mass is 10.1. The number of carbonyl (C=O) groups excluding carboxylic acids is 3. The van der Waals surface area contributed by atoms with Crippen LogP contribution in [0.2, 0.25) is 5.02 Å². The number of fused-ring (bicyclic) bond motifs is 1. The number of anilines is 2. The molecule has 1 aliphatic rings. The second-order valence-electron chi connectivity index (χ2n) is 6.34. The van der Waals surface area contributed by atoms with Crippen molar-refractivity contribution >= 4 is 46.4 Å². The summed E-state index contributed by atoms with van der Waals surface area (Å²) in [6.07, 6.45) is -2.75. The maximum atomic E-state index is 12.3. The van der Waals surface area contributed by atoms with E-state index >= 15 is 0 Å². The van der Waals surface area contributed by atoms with Gasteiger partial charge in [0, 0.05) is 12.1 Å². The molecule has 2 N–H and O–H groups in total. The van der Waals surface area contributed by atoms with E-state index in [1.54, 1.807) is 24.3 Å². The second kappa shape index (κ2) is 8.78. The summed E-state index contributed by atoms with van der Waals surface area (Å²) in [6, 6.07) is 10.3. The Hall–Kier alpha value is -3.66. The standard InChI is InChI=1S/C19H16ClN3O7/c1-10(18(25)22-14-8-11(23(27)28)6-7-12(14)20)29-17(24)9-16-19(26)21-13-4-2-3-5-15(13)30-16/h2-8,10,16H,9H2,1H3,(H,21,26)(H,22,25)/t10-,16+/m0/s1. The number of ether oxygens (including phenoxy) is 2. The van der Waals surface area contributed by atoms with Crippen molar-refractivity contribution in [3.05, 3.63) is 57.6 Å². The first-order valence-corrected chi connectivity index (χ1v) is 9.13. The molecule has 1 heterocycles. The van der Waals surface area contributed by atoms with Gasteiger partial charge in [0.15, 0.2) is 12.2 Å². The first-order chi connectivity index (χ1) is 14.2. The number of non-ortho nitro benzene ring substituents is 1. The Morgan fingerprint density at radius 2 is 2.07 bits per heavy atom. The van der Waals surface area contributed by atoms with Gasteiger partial charge in [-0.15, -0.1) is 0 Å². The molecule has 2 aromatic rings. The largest absolute Gasteiger partial charge is 0.478 e. The van der Waals surface area contributed by atoms with Gasteiger partial charge in [-0.2, -0.15) is 0 Å². The predicted octanol–water partition coefficient (Wildman–Crippen LogP) is 2.91. The highest BCUT2D eigenvalue weighted by Gasteiger charge is 2.31. The number of hydrogen-bond donors (Lipinski definition) is 2. The van der Waals surface area contributed by atoms with Gasteiger partial charge in [-0.05, 0) is 25.1 Å². The van der Waals surface area contributed by atoms with Gasteiger partial charge in [0.25, 0.3) is 17.5 Å². The van der Waals surface area contributed by atoms with Crippen molar-refractivity contribution in [1.82, 2.24) is 0 Å². The summed E-state index contributed by atoms with van der Waals surface area (Å²) in [4.78, 5) is 46.8. The van der Waals surface area contributed by atoms with E-state index in [9.17, 15) is 24.5 Å². The number of nitro benzene ring substituents is 1. The monoisotopic (exact) mass is 433 g/mol. The molecule has 0 saturated carbocycles. The Morgan fingerprint density at radius 3 is 2.80 bits per heavy atom. The third-order valence-corrected chi connectivity index (χ3v) is 4.48. The van der Waals surface area contributed by atoms with Crippen LogP contribution < -0.4 is 15.4 Å². The Balaban J connectivity index is 1.58. The molecular weight excluding hydrogens is 418 g/mol. The van der Waals surface area contributed by atoms with Crippen molar-refractivity contribution in [1.29, 1.82) is 0 Å². The average molecular weight is 434 g/mol. The second-order valence-corrected chi connectivity index (χ2v) is 6.75. The van der Waals surface area contributed by atoms with Crippen molar-refractivity contribution in [3.8, 4) is 5.75 Å². The van der Waals surface area contributed by atoms with Crippen molar-refractivity contribution in [2.75, 3.05) is 10.6 Å². The molecule has 1 aliphatic heterocycles. The van der Waals surface area contributed by atoms with Gasteiger partial charge < -0.3 is 20.1 Å². The van der Waals surface area contributed by atoms with E-state index < -0.39 is 41.3 Å². The first-order valence-electron chi connectivity index (χ1n) is 8.75. The van der Waals surface area contributed by atoms with Crippen LogP contribution in [0.5, 0.6) is 5.75 Å². The van der Waals surface area contributed by atoms with E-state index in [-0.39, 0.29) is 16.4 Å². The fourth-order valence-corrected chi connectivity index (χ4v) is 2.80. The molecule has 2 atom stereocenters. The zero-order valence-electron chi connectivity index (χ0n) is 15.6. The summed E-state index contributed by atoms with van der Waals surface area (Å²) in [5, 5.41) is 15.9. The number of esters is 1. The van der Waals surface area contributed by atoms with E-state index in [2.05, 4.69) is 10.6 Å². The third kappa shape index (κ3) is 4.84. The Morgan fingerprint density at radius 1 is 1.33 bits per heavy atom. The lowest BCUT2D eigenvalue weighted by molar-refractivity contribution is -0.384. The molecule has 30 heavy (non-hydrogen) atoms. The van der Waals surface area contributed by atoms with E-state index in [4.69, 9.17) is 21.1 Å². The zero-order valence-corrected chi connectivity index (χ0v) is 16.3. The lowest BCUT2D eigenvalue weighted by Crippen LogP contribution is -2.40. The number of rotatable bonds is 6. The number of nitrogens with zero attached hydrogens (tertiary/aromatic N) is 1. The van der Waals surface area contributed by atoms with Crippen molar-refractivity contribution in [2.45, 2.75) is 25.6 Å². The maximum Gasteiger partial charge on any atom is 0.310 e. The first kappa shape index (κ1) is 21.1. The summed E-state index contributed by atoms with van der Waals surface area (Å²) in [5.74, 6) is -1.67. The zero-order chi connectivity index (χ0) is 21.8. The van der Waals surface area contributed by atoms with Crippen LogP contribution in [0.15, 0.2) is 42.5 Å². The molecule has 0 fully saturated rings. The van der Waals surface area contributed by atoms with Crippen molar-refractivity contribution < 1.29 is 28.8 Å². The summed E-state index contributed by atoms with van der Waals surface area (Å²) >= 11 is 5.94. The fraction of sp³-hybridized carbons (Fsp3) is 0.211. The van der Waals surface area contributed by atoms with E-state index in [0.717, 1.165) is 6.07 Å². The highest BCUT2D eigenvalue weighted by molar-refractivity contribution is 6.33. The number of hydrogen-bond acceptors (Lipinski definition) is 7. The topological polar surface area (TPSA) is 137 Å². The van der Waals surface area contributed by atoms with Gasteiger partial charge >= 0.3 is 5.97 Å². The van der Waals surface area contributed by atoms with E-state index in [1.165, 1.54) is 19.1 Å². The molecule has 0 aromatic heterocycles. The van der Waals surface area contributed by atoms with Crippen LogP contribution in [0.1, 0.15) is 13.3 Å². The molecule has 11 heteroatoms. The van der Waals surface area contributed by atoms with Crippen molar-refractivity contribution in [2.24, 2.45) is 0 Å². The Bertz CT molecular complexity index is 1030. The van der Waals surface area contributed by atoms with Crippen LogP contribution >= 0.6 is 11.6 Å². The van der Waals surface area contributed by atoms with Crippen LogP contribution in [0.25, 0.3) is 0 Å². The molecule has 0 unspecified atom stereocenters. The van der Waals surface area contributed by atoms with Gasteiger partial charge in [-0.25, -0.2) is 0 Å². The van der Waals surface area contributed by atoms with Crippen LogP contribution in [-0.2, 0) is 19.1 Å². The number of nitrogens with one attached hydrogen (secondary N) is 2. The molecular formula is C19H16ClN3O7. The van der Waals surface area contributed by atoms with Crippen LogP contribution in [0, 0.1) is 10.1 Å². The number of amides is 2. The summed E-state index contributed by atoms with van der Waals surface area (Å²) < 4.78 is 10.6. The van der Waals surface area contributed by atoms with Gasteiger partial charge in [-0.1, -0.05) is 23.7 Å². The molecule has 0 spiro atoms. The van der Waals surface area contributed by atoms with E-state index in [0.29, 0.717) is 11.4 Å². The molecule has 10 nitrogen and oxygen atoms in total. The SMILES string of the molecule is C[C@H](OC(=O)C[C@H]1Oc2ccccc2NC1=O)C(=O)Nc1cc([N+](=O)[O-])ccc1Cl. The summed E-state index contributed by atoms with van der Waals surface area (Å²) in [5.41, 5.74) is 0.235. The number of carbonyl (C=O) groups is 3. The summed E-state index contributed by atoms with van der Waals surface area (Å²) in [6.45, 7) is 1.32. The van der Waals surface area contributed by atoms with Gasteiger partial charge in [0.1, 0.15) is 5.75 Å². The number of halogens is 1. The normalized spacial score (nSPS) is 15.8. The number of para-hydroxylation sites is 2. The Kier molecular flexibility index (Phi) is 6.17. The minimum Gasteiger partial charge on any atom is -0.478 e. The molecule has 0 bridgehead atoms. The molecule has 3 rings (SSSR count). The molecule has 156 valence electrons. The van der Waals surface area contributed by atoms with Crippen LogP contribution in [0.3, 0.4) is 0 Å². The third-order valence-electron chi connectivity index (χ3n) is 4.15. The lowest BCUT2D eigenvalue weighted by Gasteiger charge is -2.25. The van der Waals surface area contributed by atoms with Gasteiger partial charge in [0.05, 0.1) is 27.7 Å². The number of benzene rings is 2. The quantitative estimate of drug-likeness (QED) is 0.406. The molecule has 0 saturated heterocycles. The van der Waals surface area contributed by atoms with Crippen LogP contribution in [-0.4, -0.2) is 34.9 Å². The predicted molar refractivity (Wildman–Crippen MR) is 106 cm³/mol. The highest BCUT2D eigenvalue weighted by atomic mass is 35.5. The van der Waals surface area contributed by atoms with Crippen LogP contribution in [0.4, 0.5) is 17.1 Å². The minimum atomic E-state index is -1.24. The number of nitro groups is 1. The molecule has 0 aliphatic carbocycles.